The number of oxazole rings is 1. The zero-order valence-electron chi connectivity index (χ0n) is 19.7. The highest BCUT2D eigenvalue weighted by Crippen LogP contribution is 2.22. The predicted molar refractivity (Wildman–Crippen MR) is 134 cm³/mol. The van der Waals surface area contributed by atoms with Gasteiger partial charge in [0.25, 0.3) is 5.69 Å². The summed E-state index contributed by atoms with van der Waals surface area (Å²) in [5.41, 5.74) is 2.31. The maximum atomic E-state index is 12.5. The van der Waals surface area contributed by atoms with Crippen LogP contribution in [-0.4, -0.2) is 57.7 Å². The van der Waals surface area contributed by atoms with Gasteiger partial charge >= 0.3 is 5.76 Å². The summed E-state index contributed by atoms with van der Waals surface area (Å²) < 4.78 is 14.1. The molecule has 1 aliphatic rings. The Hall–Kier alpha value is -3.96. The molecular formula is C25H27N5O6. The van der Waals surface area contributed by atoms with Gasteiger partial charge in [0.15, 0.2) is 5.58 Å². The van der Waals surface area contributed by atoms with Gasteiger partial charge in [-0.3, -0.25) is 24.4 Å². The number of hydrogen-bond acceptors (Lipinski definition) is 7. The van der Waals surface area contributed by atoms with E-state index in [4.69, 9.17) is 9.15 Å². The minimum absolute atomic E-state index is 0.146. The molecule has 1 amide bonds. The first-order chi connectivity index (χ1) is 17.5. The SMILES string of the molecule is O=C(CCCn1c(=O)oc2cc([N+](=O)[O-])ccc21)Nc1ccc2c(ccn2CCN2CCOCC2)c1. The zero-order valence-corrected chi connectivity index (χ0v) is 19.7. The van der Waals surface area contributed by atoms with Gasteiger partial charge in [0.2, 0.25) is 5.91 Å². The van der Waals surface area contributed by atoms with Crippen LogP contribution < -0.4 is 11.1 Å². The third kappa shape index (κ3) is 5.16. The molecule has 1 saturated heterocycles. The molecule has 1 fully saturated rings. The van der Waals surface area contributed by atoms with Crippen LogP contribution in [0, 0.1) is 10.1 Å². The number of nitro benzene ring substituents is 1. The van der Waals surface area contributed by atoms with Crippen LogP contribution in [0.2, 0.25) is 0 Å². The number of aromatic nitrogens is 2. The first-order valence-electron chi connectivity index (χ1n) is 11.9. The molecule has 0 atom stereocenters. The van der Waals surface area contributed by atoms with Crippen molar-refractivity contribution in [1.29, 1.82) is 0 Å². The standard InChI is InChI=1S/C25H27N5O6/c31-24(2-1-8-29-22-6-4-20(30(33)34)17-23(22)36-25(29)32)26-19-3-5-21-18(16-19)7-9-28(21)11-10-27-12-14-35-15-13-27/h3-7,9,16-17H,1-2,8,10-15H2,(H,26,31). The maximum Gasteiger partial charge on any atom is 0.419 e. The number of nitro groups is 1. The van der Waals surface area contributed by atoms with Crippen molar-refractivity contribution in [2.24, 2.45) is 0 Å². The van der Waals surface area contributed by atoms with E-state index in [1.807, 2.05) is 24.3 Å². The number of fused-ring (bicyclic) bond motifs is 2. The van der Waals surface area contributed by atoms with Gasteiger partial charge in [0.05, 0.1) is 29.7 Å². The normalized spacial score (nSPS) is 14.4. The predicted octanol–water partition coefficient (Wildman–Crippen LogP) is 3.21. The van der Waals surface area contributed by atoms with E-state index in [0.717, 1.165) is 56.0 Å². The fraction of sp³-hybridized carbons (Fsp3) is 0.360. The Morgan fingerprint density at radius 1 is 1.03 bits per heavy atom. The van der Waals surface area contributed by atoms with E-state index >= 15 is 0 Å². The number of amides is 1. The molecule has 1 aliphatic heterocycles. The van der Waals surface area contributed by atoms with Gasteiger partial charge in [-0.15, -0.1) is 0 Å². The van der Waals surface area contributed by atoms with Gasteiger partial charge in [-0.05, 0) is 36.8 Å². The van der Waals surface area contributed by atoms with Gasteiger partial charge < -0.3 is 19.0 Å². The monoisotopic (exact) mass is 493 g/mol. The second kappa shape index (κ2) is 10.3. The number of aryl methyl sites for hydroxylation is 1. The number of morpholine rings is 1. The van der Waals surface area contributed by atoms with Crippen LogP contribution in [-0.2, 0) is 22.6 Å². The third-order valence-electron chi connectivity index (χ3n) is 6.46. The van der Waals surface area contributed by atoms with Crippen molar-refractivity contribution in [2.75, 3.05) is 38.2 Å². The Morgan fingerprint density at radius 3 is 2.64 bits per heavy atom. The zero-order chi connectivity index (χ0) is 25.1. The average Bonchev–Trinajstić information content (AvgIpc) is 3.42. The Morgan fingerprint density at radius 2 is 1.83 bits per heavy atom. The summed E-state index contributed by atoms with van der Waals surface area (Å²) in [4.78, 5) is 37.5. The molecule has 11 nitrogen and oxygen atoms in total. The van der Waals surface area contributed by atoms with Crippen molar-refractivity contribution >= 4 is 39.3 Å². The minimum atomic E-state index is -0.602. The summed E-state index contributed by atoms with van der Waals surface area (Å²) in [5, 5.41) is 14.9. The van der Waals surface area contributed by atoms with Crippen molar-refractivity contribution < 1.29 is 18.9 Å². The molecule has 0 spiro atoms. The lowest BCUT2D eigenvalue weighted by atomic mass is 10.2. The van der Waals surface area contributed by atoms with Crippen LogP contribution in [0.15, 0.2) is 57.9 Å². The van der Waals surface area contributed by atoms with Gasteiger partial charge in [-0.1, -0.05) is 0 Å². The molecule has 0 saturated carbocycles. The number of nitrogens with one attached hydrogen (secondary N) is 1. The molecule has 2 aromatic carbocycles. The first-order valence-corrected chi connectivity index (χ1v) is 11.9. The van der Waals surface area contributed by atoms with Crippen LogP contribution >= 0.6 is 0 Å². The Bertz CT molecular complexity index is 1460. The molecule has 4 aromatic rings. The van der Waals surface area contributed by atoms with E-state index in [1.165, 1.54) is 22.8 Å². The van der Waals surface area contributed by atoms with E-state index in [0.29, 0.717) is 11.9 Å². The molecule has 2 aromatic heterocycles. The summed E-state index contributed by atoms with van der Waals surface area (Å²) in [7, 11) is 0. The molecule has 1 N–H and O–H groups in total. The number of hydrogen-bond donors (Lipinski definition) is 1. The van der Waals surface area contributed by atoms with Gasteiger partial charge in [-0.2, -0.15) is 0 Å². The van der Waals surface area contributed by atoms with Crippen LogP contribution in [0.3, 0.4) is 0 Å². The molecule has 3 heterocycles. The lowest BCUT2D eigenvalue weighted by Gasteiger charge is -2.26. The molecule has 11 heteroatoms. The summed E-state index contributed by atoms with van der Waals surface area (Å²) in [6, 6.07) is 12.0. The van der Waals surface area contributed by atoms with E-state index in [2.05, 4.69) is 21.0 Å². The molecule has 0 radical (unpaired) electrons. The number of nitrogens with zero attached hydrogens (tertiary/aromatic N) is 4. The number of benzene rings is 2. The number of non-ortho nitro benzene ring substituents is 1. The number of anilines is 1. The maximum absolute atomic E-state index is 12.5. The molecule has 0 bridgehead atoms. The van der Waals surface area contributed by atoms with Crippen molar-refractivity contribution in [3.63, 3.8) is 0 Å². The fourth-order valence-corrected chi connectivity index (χ4v) is 4.55. The Balaban J connectivity index is 1.16. The molecular weight excluding hydrogens is 466 g/mol. The van der Waals surface area contributed by atoms with Crippen molar-refractivity contribution in [2.45, 2.75) is 25.9 Å². The first kappa shape index (κ1) is 23.8. The van der Waals surface area contributed by atoms with E-state index in [-0.39, 0.29) is 30.1 Å². The summed E-state index contributed by atoms with van der Waals surface area (Å²) in [5.74, 6) is -0.757. The smallest absolute Gasteiger partial charge is 0.407 e. The Labute approximate surface area is 206 Å². The van der Waals surface area contributed by atoms with E-state index in [9.17, 15) is 19.7 Å². The van der Waals surface area contributed by atoms with Crippen LogP contribution in [0.4, 0.5) is 11.4 Å². The topological polar surface area (TPSA) is 125 Å². The third-order valence-corrected chi connectivity index (χ3v) is 6.46. The van der Waals surface area contributed by atoms with Gasteiger partial charge in [-0.25, -0.2) is 4.79 Å². The van der Waals surface area contributed by atoms with Crippen molar-refractivity contribution in [3.05, 3.63) is 69.3 Å². The second-order valence-electron chi connectivity index (χ2n) is 8.82. The number of ether oxygens (including phenoxy) is 1. The highest BCUT2D eigenvalue weighted by atomic mass is 16.6. The quantitative estimate of drug-likeness (QED) is 0.280. The van der Waals surface area contributed by atoms with E-state index in [1.54, 1.807) is 0 Å². The van der Waals surface area contributed by atoms with Crippen LogP contribution in [0.25, 0.3) is 22.0 Å². The number of rotatable bonds is 9. The van der Waals surface area contributed by atoms with Gasteiger partial charge in [0.1, 0.15) is 0 Å². The average molecular weight is 494 g/mol. The number of carbonyl (C=O) groups excluding carboxylic acids is 1. The lowest BCUT2D eigenvalue weighted by molar-refractivity contribution is -0.384. The fourth-order valence-electron chi connectivity index (χ4n) is 4.55. The van der Waals surface area contributed by atoms with Gasteiger partial charge in [0, 0.05) is 68.0 Å². The van der Waals surface area contributed by atoms with E-state index < -0.39 is 10.7 Å². The van der Waals surface area contributed by atoms with Crippen LogP contribution in [0.1, 0.15) is 12.8 Å². The molecule has 0 unspecified atom stereocenters. The summed E-state index contributed by atoms with van der Waals surface area (Å²) in [6.45, 7) is 5.63. The molecule has 5 rings (SSSR count). The van der Waals surface area contributed by atoms with Crippen molar-refractivity contribution in [3.8, 4) is 0 Å². The summed E-state index contributed by atoms with van der Waals surface area (Å²) in [6.07, 6.45) is 2.69. The minimum Gasteiger partial charge on any atom is -0.407 e. The Kier molecular flexibility index (Phi) is 6.83. The highest BCUT2D eigenvalue weighted by Gasteiger charge is 2.15. The largest absolute Gasteiger partial charge is 0.419 e. The highest BCUT2D eigenvalue weighted by molar-refractivity contribution is 5.93. The summed E-state index contributed by atoms with van der Waals surface area (Å²) >= 11 is 0. The molecule has 0 aliphatic carbocycles. The van der Waals surface area contributed by atoms with Crippen LogP contribution in [0.5, 0.6) is 0 Å². The second-order valence-corrected chi connectivity index (χ2v) is 8.82. The molecule has 188 valence electrons. The lowest BCUT2D eigenvalue weighted by Crippen LogP contribution is -2.38. The number of carbonyl (C=O) groups is 1. The van der Waals surface area contributed by atoms with Crippen molar-refractivity contribution in [1.82, 2.24) is 14.0 Å². The molecule has 36 heavy (non-hydrogen) atoms.